The summed E-state index contributed by atoms with van der Waals surface area (Å²) in [6.07, 6.45) is 10.9. The van der Waals surface area contributed by atoms with Gasteiger partial charge in [-0.2, -0.15) is 5.21 Å². The van der Waals surface area contributed by atoms with Crippen LogP contribution in [0.5, 0.6) is 0 Å². The first-order valence-electron chi connectivity index (χ1n) is 12.0. The number of aromatic amines is 1. The highest BCUT2D eigenvalue weighted by atomic mass is 19.1. The molecule has 0 bridgehead atoms. The molecule has 7 nitrogen and oxygen atoms in total. The molecule has 34 heavy (non-hydrogen) atoms. The molecule has 1 aliphatic carbocycles. The van der Waals surface area contributed by atoms with Crippen molar-refractivity contribution < 1.29 is 13.9 Å². The van der Waals surface area contributed by atoms with Crippen molar-refractivity contribution in [2.24, 2.45) is 5.92 Å². The van der Waals surface area contributed by atoms with Crippen LogP contribution in [0.3, 0.4) is 0 Å². The number of hydrogen-bond donors (Lipinski definition) is 1. The molecule has 1 aromatic carbocycles. The minimum atomic E-state index is -0.260. The number of likely N-dealkylation sites (tertiary alicyclic amines) is 1. The van der Waals surface area contributed by atoms with E-state index in [1.807, 2.05) is 11.0 Å². The summed E-state index contributed by atoms with van der Waals surface area (Å²) in [6, 6.07) is 6.69. The van der Waals surface area contributed by atoms with Crippen LogP contribution in [0.25, 0.3) is 5.57 Å². The van der Waals surface area contributed by atoms with Crippen molar-refractivity contribution >= 4 is 11.5 Å². The fourth-order valence-electron chi connectivity index (χ4n) is 4.71. The van der Waals surface area contributed by atoms with Gasteiger partial charge in [-0.3, -0.25) is 4.79 Å². The van der Waals surface area contributed by atoms with Gasteiger partial charge in [0.25, 0.3) is 0 Å². The van der Waals surface area contributed by atoms with Gasteiger partial charge in [-0.15, -0.1) is 10.2 Å². The highest BCUT2D eigenvalue weighted by Crippen LogP contribution is 2.41. The first kappa shape index (κ1) is 23.9. The fourth-order valence-corrected chi connectivity index (χ4v) is 4.71. The second-order valence-corrected chi connectivity index (χ2v) is 9.14. The zero-order chi connectivity index (χ0) is 24.1. The number of benzene rings is 1. The zero-order valence-corrected chi connectivity index (χ0v) is 19.8. The Balaban J connectivity index is 1.35. The third kappa shape index (κ3) is 5.43. The molecule has 2 heterocycles. The number of carbonyl (C=O) groups is 1. The summed E-state index contributed by atoms with van der Waals surface area (Å²) < 4.78 is 19.4. The molecule has 4 rings (SSSR count). The van der Waals surface area contributed by atoms with E-state index in [-0.39, 0.29) is 35.8 Å². The lowest BCUT2D eigenvalue weighted by Crippen LogP contribution is -2.46. The number of nitrogens with one attached hydrogen (secondary N) is 1. The smallest absolute Gasteiger partial charge is 0.226 e. The molecule has 2 unspecified atom stereocenters. The topological polar surface area (TPSA) is 84.0 Å². The molecule has 1 aliphatic heterocycles. The van der Waals surface area contributed by atoms with E-state index in [4.69, 9.17) is 4.74 Å². The Morgan fingerprint density at radius 1 is 1.29 bits per heavy atom. The molecule has 2 atom stereocenters. The Morgan fingerprint density at radius 3 is 2.74 bits per heavy atom. The minimum absolute atomic E-state index is 0.00777. The van der Waals surface area contributed by atoms with E-state index in [0.717, 1.165) is 36.8 Å². The summed E-state index contributed by atoms with van der Waals surface area (Å²) in [6.45, 7) is 8.23. The second kappa shape index (κ2) is 10.8. The molecule has 2 fully saturated rings. The molecular formula is C26H32FN5O2. The molecule has 1 N–H and O–H groups in total. The number of tetrazole rings is 1. The molecule has 0 radical (unpaired) electrons. The molecule has 1 aromatic heterocycles. The van der Waals surface area contributed by atoms with Crippen molar-refractivity contribution in [2.75, 3.05) is 0 Å². The van der Waals surface area contributed by atoms with E-state index in [0.29, 0.717) is 24.4 Å². The van der Waals surface area contributed by atoms with Gasteiger partial charge in [0.2, 0.25) is 11.7 Å². The van der Waals surface area contributed by atoms with Gasteiger partial charge >= 0.3 is 0 Å². The highest BCUT2D eigenvalue weighted by molar-refractivity contribution is 5.81. The number of halogens is 1. The third-order valence-electron chi connectivity index (χ3n) is 6.61. The maximum absolute atomic E-state index is 13.4. The average Bonchev–Trinajstić information content (AvgIpc) is 3.46. The Labute approximate surface area is 199 Å². The molecule has 0 spiro atoms. The summed E-state index contributed by atoms with van der Waals surface area (Å²) in [5.41, 5.74) is 1.77. The Morgan fingerprint density at radius 2 is 2.06 bits per heavy atom. The largest absolute Gasteiger partial charge is 0.491 e. The normalized spacial score (nSPS) is 24.9. The lowest BCUT2D eigenvalue weighted by molar-refractivity contribution is -0.145. The van der Waals surface area contributed by atoms with Crippen LogP contribution in [-0.2, 0) is 9.53 Å². The summed E-state index contributed by atoms with van der Waals surface area (Å²) in [5.74, 6) is 0.829. The number of hydrogen-bond acceptors (Lipinski definition) is 5. The van der Waals surface area contributed by atoms with Crippen molar-refractivity contribution in [1.29, 1.82) is 0 Å². The molecule has 2 aromatic rings. The first-order valence-corrected chi connectivity index (χ1v) is 12.0. The number of nitrogens with zero attached hydrogens (tertiary/aromatic N) is 4. The van der Waals surface area contributed by atoms with Gasteiger partial charge < -0.3 is 9.64 Å². The van der Waals surface area contributed by atoms with Crippen LogP contribution in [0.15, 0.2) is 54.8 Å². The quantitative estimate of drug-likeness (QED) is 0.409. The summed E-state index contributed by atoms with van der Waals surface area (Å²) in [4.78, 5) is 15.3. The predicted molar refractivity (Wildman–Crippen MR) is 128 cm³/mol. The van der Waals surface area contributed by atoms with Gasteiger partial charge in [-0.1, -0.05) is 44.2 Å². The Kier molecular flexibility index (Phi) is 7.55. The van der Waals surface area contributed by atoms with E-state index in [1.165, 1.54) is 12.1 Å². The van der Waals surface area contributed by atoms with Crippen molar-refractivity contribution in [3.05, 3.63) is 72.0 Å². The van der Waals surface area contributed by atoms with Gasteiger partial charge in [0.05, 0.1) is 6.04 Å². The number of aromatic nitrogens is 4. The molecule has 180 valence electrons. The van der Waals surface area contributed by atoms with Gasteiger partial charge in [-0.25, -0.2) is 4.39 Å². The van der Waals surface area contributed by atoms with Gasteiger partial charge in [0.15, 0.2) is 0 Å². The summed E-state index contributed by atoms with van der Waals surface area (Å²) in [5, 5.41) is 14.2. The van der Waals surface area contributed by atoms with E-state index >= 15 is 0 Å². The van der Waals surface area contributed by atoms with Crippen LogP contribution in [0.2, 0.25) is 0 Å². The maximum Gasteiger partial charge on any atom is 0.226 e. The van der Waals surface area contributed by atoms with Crippen molar-refractivity contribution in [3.8, 4) is 0 Å². The Bertz CT molecular complexity index is 1040. The Hall–Kier alpha value is -3.29. The number of rotatable bonds is 9. The first-order chi connectivity index (χ1) is 16.5. The van der Waals surface area contributed by atoms with E-state index in [9.17, 15) is 9.18 Å². The highest BCUT2D eigenvalue weighted by Gasteiger charge is 2.43. The number of amides is 1. The van der Waals surface area contributed by atoms with E-state index in [1.54, 1.807) is 18.2 Å². The van der Waals surface area contributed by atoms with E-state index in [2.05, 4.69) is 47.1 Å². The van der Waals surface area contributed by atoms with Crippen LogP contribution in [0.4, 0.5) is 4.39 Å². The van der Waals surface area contributed by atoms with Gasteiger partial charge in [0.1, 0.15) is 17.7 Å². The monoisotopic (exact) mass is 465 g/mol. The number of H-pyrrole nitrogens is 1. The van der Waals surface area contributed by atoms with Crippen LogP contribution >= 0.6 is 0 Å². The maximum atomic E-state index is 13.4. The lowest BCUT2D eigenvalue weighted by atomic mass is 9.80. The molecule has 1 amide bonds. The fraction of sp³-hybridized carbons (Fsp3) is 0.462. The number of carbonyl (C=O) groups excluding carboxylic acids is 1. The van der Waals surface area contributed by atoms with E-state index < -0.39 is 0 Å². The van der Waals surface area contributed by atoms with Crippen molar-refractivity contribution in [3.63, 3.8) is 0 Å². The lowest BCUT2D eigenvalue weighted by Gasteiger charge is -2.39. The number of ether oxygens (including phenoxy) is 1. The van der Waals surface area contributed by atoms with Crippen LogP contribution in [0.1, 0.15) is 69.8 Å². The third-order valence-corrected chi connectivity index (χ3v) is 6.61. The van der Waals surface area contributed by atoms with Crippen LogP contribution < -0.4 is 0 Å². The van der Waals surface area contributed by atoms with Gasteiger partial charge in [-0.05, 0) is 68.0 Å². The van der Waals surface area contributed by atoms with Crippen LogP contribution in [0, 0.1) is 11.7 Å². The number of allylic oxidation sites excluding steroid dienone is 4. The van der Waals surface area contributed by atoms with Crippen LogP contribution in [-0.4, -0.2) is 43.6 Å². The molecule has 1 saturated carbocycles. The molecule has 8 heteroatoms. The van der Waals surface area contributed by atoms with Crippen molar-refractivity contribution in [2.45, 2.75) is 70.6 Å². The summed E-state index contributed by atoms with van der Waals surface area (Å²) >= 11 is 0. The second-order valence-electron chi connectivity index (χ2n) is 9.14. The molecule has 1 saturated heterocycles. The van der Waals surface area contributed by atoms with Crippen molar-refractivity contribution in [1.82, 2.24) is 25.5 Å². The molecular weight excluding hydrogens is 433 g/mol. The minimum Gasteiger partial charge on any atom is -0.491 e. The SMILES string of the molecule is C=C(/C=C(\C=C/CCC)c1nn[nH]n1)OC1CC(C(=O)N2C(C)CCC2c2ccc(F)cc2)C1. The predicted octanol–water partition coefficient (Wildman–Crippen LogP) is 5.14. The van der Waals surface area contributed by atoms with Gasteiger partial charge in [0, 0.05) is 17.5 Å². The average molecular weight is 466 g/mol. The standard InChI is InChI=1S/C26H32FN5O2/c1-4-5-6-7-20(25-28-30-31-29-25)14-18(3)34-23-15-21(16-23)26(33)32-17(2)8-13-24(32)19-9-11-22(27)12-10-19/h6-7,9-12,14,17,21,23-24H,3-5,8,13,15-16H2,1-2H3,(H,28,29,30,31)/b7-6-,20-14+. The number of unbranched alkanes of at least 4 members (excludes halogenated alkanes) is 1. The zero-order valence-electron chi connectivity index (χ0n) is 19.8. The molecule has 2 aliphatic rings. The summed E-state index contributed by atoms with van der Waals surface area (Å²) in [7, 11) is 0.